The Kier molecular flexibility index (Phi) is 8.35. The molecule has 0 saturated carbocycles. The minimum absolute atomic E-state index is 0.0659. The van der Waals surface area contributed by atoms with Crippen LogP contribution < -0.4 is 9.50 Å². The molecule has 1 aliphatic rings. The maximum atomic E-state index is 13.1. The van der Waals surface area contributed by atoms with Crippen LogP contribution in [-0.2, 0) is 31.0 Å². The lowest BCUT2D eigenvalue weighted by molar-refractivity contribution is -0.146. The number of alkyl carbamates (subject to hydrolysis) is 1. The summed E-state index contributed by atoms with van der Waals surface area (Å²) in [6, 6.07) is 31.4. The van der Waals surface area contributed by atoms with Gasteiger partial charge in [0.2, 0.25) is 0 Å². The van der Waals surface area contributed by atoms with Gasteiger partial charge in [0.25, 0.3) is 0 Å². The largest absolute Gasteiger partial charge is 0.460 e. The molecule has 0 bridgehead atoms. The standard InChI is InChI=1S/C32H29NO7S/c1-41(36,37)40-24-17-15-23(16-18-24)29(31(34)38-20-22-9-3-2-4-10-22)19-33-32(35)39-21-30-27-13-7-5-11-25(27)26-12-6-8-14-28(26)30/h2-18,29-30H,19-21H2,1H3,(H,33,35). The Morgan fingerprint density at radius 2 is 1.37 bits per heavy atom. The Hall–Kier alpha value is -4.63. The molecule has 9 heteroatoms. The van der Waals surface area contributed by atoms with Crippen molar-refractivity contribution >= 4 is 22.2 Å². The van der Waals surface area contributed by atoms with Crippen molar-refractivity contribution in [2.24, 2.45) is 0 Å². The first kappa shape index (κ1) is 27.9. The average molecular weight is 572 g/mol. The van der Waals surface area contributed by atoms with Gasteiger partial charge in [-0.2, -0.15) is 8.42 Å². The number of carbonyl (C=O) groups excluding carboxylic acids is 2. The molecule has 1 unspecified atom stereocenters. The molecule has 1 amide bonds. The molecule has 1 aliphatic carbocycles. The Morgan fingerprint density at radius 3 is 1.98 bits per heavy atom. The highest BCUT2D eigenvalue weighted by Gasteiger charge is 2.29. The molecule has 0 saturated heterocycles. The summed E-state index contributed by atoms with van der Waals surface area (Å²) in [4.78, 5) is 25.9. The summed E-state index contributed by atoms with van der Waals surface area (Å²) >= 11 is 0. The third-order valence-electron chi connectivity index (χ3n) is 6.83. The van der Waals surface area contributed by atoms with E-state index in [-0.39, 0.29) is 31.4 Å². The van der Waals surface area contributed by atoms with E-state index in [1.54, 1.807) is 12.1 Å². The fraction of sp³-hybridized carbons (Fsp3) is 0.188. The predicted octanol–water partition coefficient (Wildman–Crippen LogP) is 5.39. The van der Waals surface area contributed by atoms with Gasteiger partial charge < -0.3 is 19.0 Å². The second-order valence-electron chi connectivity index (χ2n) is 9.71. The highest BCUT2D eigenvalue weighted by Crippen LogP contribution is 2.44. The number of hydrogen-bond acceptors (Lipinski definition) is 7. The summed E-state index contributed by atoms with van der Waals surface area (Å²) in [5.74, 6) is -1.41. The van der Waals surface area contributed by atoms with Crippen molar-refractivity contribution in [3.63, 3.8) is 0 Å². The molecule has 4 aromatic carbocycles. The lowest BCUT2D eigenvalue weighted by atomic mass is 9.98. The van der Waals surface area contributed by atoms with Gasteiger partial charge in [0, 0.05) is 12.5 Å². The molecule has 5 rings (SSSR count). The van der Waals surface area contributed by atoms with Gasteiger partial charge in [0.15, 0.2) is 0 Å². The monoisotopic (exact) mass is 571 g/mol. The lowest BCUT2D eigenvalue weighted by Crippen LogP contribution is -2.33. The van der Waals surface area contributed by atoms with E-state index in [1.807, 2.05) is 66.7 Å². The van der Waals surface area contributed by atoms with Crippen molar-refractivity contribution in [2.75, 3.05) is 19.4 Å². The minimum Gasteiger partial charge on any atom is -0.460 e. The van der Waals surface area contributed by atoms with Gasteiger partial charge >= 0.3 is 22.2 Å². The number of benzene rings is 4. The molecule has 0 spiro atoms. The number of ether oxygens (including phenoxy) is 2. The maximum Gasteiger partial charge on any atom is 0.407 e. The van der Waals surface area contributed by atoms with E-state index in [1.165, 1.54) is 12.1 Å². The zero-order chi connectivity index (χ0) is 28.8. The molecule has 0 fully saturated rings. The lowest BCUT2D eigenvalue weighted by Gasteiger charge is -2.19. The fourth-order valence-electron chi connectivity index (χ4n) is 4.93. The quantitative estimate of drug-likeness (QED) is 0.201. The van der Waals surface area contributed by atoms with Crippen molar-refractivity contribution in [2.45, 2.75) is 18.4 Å². The number of amides is 1. The van der Waals surface area contributed by atoms with Gasteiger partial charge in [-0.05, 0) is 45.5 Å². The molecule has 8 nitrogen and oxygen atoms in total. The molecule has 0 heterocycles. The molecule has 1 N–H and O–H groups in total. The van der Waals surface area contributed by atoms with Gasteiger partial charge in [-0.3, -0.25) is 4.79 Å². The SMILES string of the molecule is CS(=O)(=O)Oc1ccc(C(CNC(=O)OCC2c3ccccc3-c3ccccc32)C(=O)OCc2ccccc2)cc1. The number of nitrogens with one attached hydrogen (secondary N) is 1. The van der Waals surface area contributed by atoms with Crippen molar-refractivity contribution in [1.82, 2.24) is 5.32 Å². The van der Waals surface area contributed by atoms with Crippen LogP contribution in [0.5, 0.6) is 5.75 Å². The second-order valence-corrected chi connectivity index (χ2v) is 11.3. The van der Waals surface area contributed by atoms with Crippen LogP contribution in [0.4, 0.5) is 4.79 Å². The third kappa shape index (κ3) is 6.93. The van der Waals surface area contributed by atoms with E-state index in [2.05, 4.69) is 17.4 Å². The fourth-order valence-corrected chi connectivity index (χ4v) is 5.39. The maximum absolute atomic E-state index is 13.1. The van der Waals surface area contributed by atoms with Crippen molar-refractivity contribution in [3.8, 4) is 16.9 Å². The summed E-state index contributed by atoms with van der Waals surface area (Å²) < 4.78 is 39.0. The highest BCUT2D eigenvalue weighted by atomic mass is 32.2. The van der Waals surface area contributed by atoms with Gasteiger partial charge in [0.05, 0.1) is 12.2 Å². The molecule has 210 valence electrons. The first-order chi connectivity index (χ1) is 19.8. The van der Waals surface area contributed by atoms with Crippen LogP contribution in [0.25, 0.3) is 11.1 Å². The Labute approximate surface area is 239 Å². The van der Waals surface area contributed by atoms with Crippen LogP contribution >= 0.6 is 0 Å². The number of hydrogen-bond donors (Lipinski definition) is 1. The summed E-state index contributed by atoms with van der Waals surface area (Å²) in [6.07, 6.45) is 0.285. The summed E-state index contributed by atoms with van der Waals surface area (Å²) in [7, 11) is -3.70. The molecule has 0 radical (unpaired) electrons. The molecular weight excluding hydrogens is 542 g/mol. The Morgan fingerprint density at radius 1 is 0.780 bits per heavy atom. The van der Waals surface area contributed by atoms with E-state index in [0.29, 0.717) is 5.56 Å². The zero-order valence-electron chi connectivity index (χ0n) is 22.4. The van der Waals surface area contributed by atoms with E-state index in [0.717, 1.165) is 34.1 Å². The molecule has 41 heavy (non-hydrogen) atoms. The first-order valence-electron chi connectivity index (χ1n) is 13.1. The van der Waals surface area contributed by atoms with E-state index in [4.69, 9.17) is 13.7 Å². The summed E-state index contributed by atoms with van der Waals surface area (Å²) in [5, 5.41) is 2.70. The normalized spacial score (nSPS) is 13.0. The third-order valence-corrected chi connectivity index (χ3v) is 7.33. The number of esters is 1. The number of rotatable bonds is 10. The molecule has 0 aliphatic heterocycles. The van der Waals surface area contributed by atoms with E-state index >= 15 is 0 Å². The van der Waals surface area contributed by atoms with Gasteiger partial charge in [-0.1, -0.05) is 91.0 Å². The smallest absolute Gasteiger partial charge is 0.407 e. The van der Waals surface area contributed by atoms with Crippen LogP contribution in [0, 0.1) is 0 Å². The number of carbonyl (C=O) groups is 2. The first-order valence-corrected chi connectivity index (χ1v) is 14.9. The van der Waals surface area contributed by atoms with Crippen LogP contribution in [-0.4, -0.2) is 39.9 Å². The van der Waals surface area contributed by atoms with Crippen molar-refractivity contribution in [3.05, 3.63) is 125 Å². The molecule has 4 aromatic rings. The van der Waals surface area contributed by atoms with Gasteiger partial charge in [0.1, 0.15) is 19.0 Å². The van der Waals surface area contributed by atoms with E-state index < -0.39 is 28.1 Å². The highest BCUT2D eigenvalue weighted by molar-refractivity contribution is 7.86. The Balaban J connectivity index is 1.26. The van der Waals surface area contributed by atoms with Crippen molar-refractivity contribution < 1.29 is 31.7 Å². The van der Waals surface area contributed by atoms with Crippen molar-refractivity contribution in [1.29, 1.82) is 0 Å². The Bertz CT molecular complexity index is 1590. The van der Waals surface area contributed by atoms with Gasteiger partial charge in [-0.15, -0.1) is 0 Å². The molecule has 0 aromatic heterocycles. The van der Waals surface area contributed by atoms with Crippen LogP contribution in [0.1, 0.15) is 34.1 Å². The van der Waals surface area contributed by atoms with Gasteiger partial charge in [-0.25, -0.2) is 4.79 Å². The molecule has 1 atom stereocenters. The predicted molar refractivity (Wildman–Crippen MR) is 154 cm³/mol. The van der Waals surface area contributed by atoms with Crippen LogP contribution in [0.15, 0.2) is 103 Å². The second kappa shape index (κ2) is 12.3. The molecular formula is C32H29NO7S. The summed E-state index contributed by atoms with van der Waals surface area (Å²) in [6.45, 7) is 0.119. The van der Waals surface area contributed by atoms with Crippen LogP contribution in [0.2, 0.25) is 0 Å². The zero-order valence-corrected chi connectivity index (χ0v) is 23.2. The summed E-state index contributed by atoms with van der Waals surface area (Å²) in [5.41, 5.74) is 5.78. The van der Waals surface area contributed by atoms with Crippen LogP contribution in [0.3, 0.4) is 0 Å². The topological polar surface area (TPSA) is 108 Å². The number of fused-ring (bicyclic) bond motifs is 3. The van der Waals surface area contributed by atoms with E-state index in [9.17, 15) is 18.0 Å². The minimum atomic E-state index is -3.70. The average Bonchev–Trinajstić information content (AvgIpc) is 3.29.